The van der Waals surface area contributed by atoms with Crippen LogP contribution in [0.2, 0.25) is 0 Å². The van der Waals surface area contributed by atoms with E-state index in [-0.39, 0.29) is 0 Å². The van der Waals surface area contributed by atoms with Gasteiger partial charge in [-0.15, -0.1) is 0 Å². The summed E-state index contributed by atoms with van der Waals surface area (Å²) >= 11 is 0. The van der Waals surface area contributed by atoms with Crippen LogP contribution in [0.4, 0.5) is 0 Å². The first-order chi connectivity index (χ1) is 10.8. The van der Waals surface area contributed by atoms with Gasteiger partial charge in [-0.05, 0) is 25.8 Å². The zero-order valence-electron chi connectivity index (χ0n) is 13.1. The molecular formula is C18H23N3O. The fraction of sp³-hybridized carbons (Fsp3) is 0.500. The number of benzene rings is 1. The number of hydrogen-bond acceptors (Lipinski definition) is 4. The van der Waals surface area contributed by atoms with Crippen LogP contribution in [0.3, 0.4) is 0 Å². The molecule has 3 aliphatic rings. The van der Waals surface area contributed by atoms with Gasteiger partial charge in [-0.25, -0.2) is 0 Å². The molecule has 22 heavy (non-hydrogen) atoms. The normalized spacial score (nSPS) is 26.2. The van der Waals surface area contributed by atoms with E-state index in [9.17, 15) is 0 Å². The molecule has 3 saturated heterocycles. The summed E-state index contributed by atoms with van der Waals surface area (Å²) in [5.74, 6) is 1.78. The van der Waals surface area contributed by atoms with Crippen LogP contribution >= 0.6 is 0 Å². The summed E-state index contributed by atoms with van der Waals surface area (Å²) in [5.41, 5.74) is 2.05. The van der Waals surface area contributed by atoms with Crippen molar-refractivity contribution >= 4 is 0 Å². The molecule has 0 unspecified atom stereocenters. The van der Waals surface area contributed by atoms with E-state index in [1.54, 1.807) is 0 Å². The number of fused-ring (bicyclic) bond motifs is 4. The Kier molecular flexibility index (Phi) is 3.72. The van der Waals surface area contributed by atoms with Crippen molar-refractivity contribution in [2.45, 2.75) is 25.4 Å². The molecule has 4 nitrogen and oxygen atoms in total. The summed E-state index contributed by atoms with van der Waals surface area (Å²) in [4.78, 5) is 5.07. The lowest BCUT2D eigenvalue weighted by Crippen LogP contribution is -2.40. The molecule has 0 radical (unpaired) electrons. The van der Waals surface area contributed by atoms with E-state index in [1.165, 1.54) is 25.9 Å². The maximum atomic E-state index is 5.58. The second-order valence-corrected chi connectivity index (χ2v) is 6.78. The number of rotatable bonds is 3. The standard InChI is InChI=1S/C18H23N3O/c1-20-10-14-7-8-16(20)12-21(11-14)13-17-9-18(19-22-17)15-5-3-2-4-6-15/h2-6,9,14,16H,7-8,10-13H2,1H3/t14-,16-/m0/s1. The van der Waals surface area contributed by atoms with Crippen LogP contribution in [-0.2, 0) is 6.54 Å². The Morgan fingerprint density at radius 1 is 1.14 bits per heavy atom. The van der Waals surface area contributed by atoms with Crippen molar-refractivity contribution < 1.29 is 4.52 Å². The van der Waals surface area contributed by atoms with Crippen LogP contribution in [0.5, 0.6) is 0 Å². The first kappa shape index (κ1) is 14.0. The summed E-state index contributed by atoms with van der Waals surface area (Å²) in [6.07, 6.45) is 2.71. The lowest BCUT2D eigenvalue weighted by atomic mass is 9.96. The molecule has 0 N–H and O–H groups in total. The first-order valence-corrected chi connectivity index (χ1v) is 8.21. The number of likely N-dealkylation sites (N-methyl/N-ethyl adjacent to an activating group) is 1. The Morgan fingerprint density at radius 3 is 2.82 bits per heavy atom. The van der Waals surface area contributed by atoms with Crippen molar-refractivity contribution in [2.24, 2.45) is 5.92 Å². The minimum atomic E-state index is 0.704. The fourth-order valence-electron chi connectivity index (χ4n) is 3.90. The van der Waals surface area contributed by atoms with Crippen molar-refractivity contribution in [3.8, 4) is 11.3 Å². The third-order valence-corrected chi connectivity index (χ3v) is 5.07. The van der Waals surface area contributed by atoms with Crippen LogP contribution in [0.15, 0.2) is 40.9 Å². The van der Waals surface area contributed by atoms with Gasteiger partial charge in [0.2, 0.25) is 0 Å². The Hall–Kier alpha value is -1.65. The second kappa shape index (κ2) is 5.86. The van der Waals surface area contributed by atoms with E-state index in [4.69, 9.17) is 4.52 Å². The summed E-state index contributed by atoms with van der Waals surface area (Å²) in [5, 5.41) is 4.23. The highest BCUT2D eigenvalue weighted by molar-refractivity contribution is 5.58. The van der Waals surface area contributed by atoms with Gasteiger partial charge in [0.05, 0.1) is 6.54 Å². The van der Waals surface area contributed by atoms with Crippen LogP contribution in [0.25, 0.3) is 11.3 Å². The molecule has 1 aromatic carbocycles. The second-order valence-electron chi connectivity index (χ2n) is 6.78. The van der Waals surface area contributed by atoms with Gasteiger partial charge in [0, 0.05) is 37.3 Å². The Bertz CT molecular complexity index is 624. The minimum Gasteiger partial charge on any atom is -0.359 e. The number of piperidine rings is 1. The van der Waals surface area contributed by atoms with E-state index in [0.717, 1.165) is 36.0 Å². The highest BCUT2D eigenvalue weighted by atomic mass is 16.5. The van der Waals surface area contributed by atoms with Gasteiger partial charge in [-0.1, -0.05) is 35.5 Å². The van der Waals surface area contributed by atoms with E-state index < -0.39 is 0 Å². The Labute approximate surface area is 131 Å². The number of hydrogen-bond donors (Lipinski definition) is 0. The highest BCUT2D eigenvalue weighted by Gasteiger charge is 2.33. The summed E-state index contributed by atoms with van der Waals surface area (Å²) < 4.78 is 5.58. The average molecular weight is 297 g/mol. The van der Waals surface area contributed by atoms with Gasteiger partial charge in [-0.2, -0.15) is 0 Å². The zero-order chi connectivity index (χ0) is 14.9. The van der Waals surface area contributed by atoms with Crippen molar-refractivity contribution in [2.75, 3.05) is 26.7 Å². The van der Waals surface area contributed by atoms with Gasteiger partial charge in [0.1, 0.15) is 5.69 Å². The highest BCUT2D eigenvalue weighted by Crippen LogP contribution is 2.28. The average Bonchev–Trinajstić information content (AvgIpc) is 2.83. The quantitative estimate of drug-likeness (QED) is 0.872. The molecule has 3 fully saturated rings. The molecule has 1 aromatic heterocycles. The third-order valence-electron chi connectivity index (χ3n) is 5.07. The van der Waals surface area contributed by atoms with Crippen molar-refractivity contribution in [3.63, 3.8) is 0 Å². The van der Waals surface area contributed by atoms with Gasteiger partial charge >= 0.3 is 0 Å². The van der Waals surface area contributed by atoms with Crippen molar-refractivity contribution in [1.82, 2.24) is 15.0 Å². The molecule has 2 atom stereocenters. The molecule has 4 heteroatoms. The largest absolute Gasteiger partial charge is 0.359 e. The molecule has 0 saturated carbocycles. The topological polar surface area (TPSA) is 32.5 Å². The smallest absolute Gasteiger partial charge is 0.151 e. The number of aromatic nitrogens is 1. The molecule has 2 bridgehead atoms. The van der Waals surface area contributed by atoms with Gasteiger partial charge in [0.25, 0.3) is 0 Å². The molecule has 0 amide bonds. The van der Waals surface area contributed by atoms with Gasteiger partial charge < -0.3 is 9.42 Å². The molecule has 3 aliphatic heterocycles. The Balaban J connectivity index is 1.47. The predicted molar refractivity (Wildman–Crippen MR) is 86.4 cm³/mol. The van der Waals surface area contributed by atoms with Crippen LogP contribution in [0.1, 0.15) is 18.6 Å². The number of nitrogens with zero attached hydrogens (tertiary/aromatic N) is 3. The monoisotopic (exact) mass is 297 g/mol. The van der Waals surface area contributed by atoms with E-state index in [2.05, 4.69) is 40.2 Å². The van der Waals surface area contributed by atoms with Crippen LogP contribution in [-0.4, -0.2) is 47.7 Å². The van der Waals surface area contributed by atoms with E-state index >= 15 is 0 Å². The van der Waals surface area contributed by atoms with Gasteiger partial charge in [0.15, 0.2) is 5.76 Å². The molecule has 116 valence electrons. The van der Waals surface area contributed by atoms with Crippen LogP contribution in [0, 0.1) is 5.92 Å². The molecule has 0 spiro atoms. The lowest BCUT2D eigenvalue weighted by molar-refractivity contribution is 0.163. The summed E-state index contributed by atoms with van der Waals surface area (Å²) in [6.45, 7) is 4.45. The van der Waals surface area contributed by atoms with Crippen molar-refractivity contribution in [1.29, 1.82) is 0 Å². The zero-order valence-corrected chi connectivity index (χ0v) is 13.1. The third kappa shape index (κ3) is 2.81. The molecular weight excluding hydrogens is 274 g/mol. The van der Waals surface area contributed by atoms with Crippen LogP contribution < -0.4 is 0 Å². The molecule has 5 rings (SSSR count). The summed E-state index contributed by atoms with van der Waals surface area (Å²) in [6, 6.07) is 13.0. The molecule has 4 heterocycles. The van der Waals surface area contributed by atoms with E-state index in [0.29, 0.717) is 6.04 Å². The minimum absolute atomic E-state index is 0.704. The molecule has 0 aliphatic carbocycles. The molecule has 2 aromatic rings. The predicted octanol–water partition coefficient (Wildman–Crippen LogP) is 2.87. The SMILES string of the molecule is CN1C[C@@H]2CC[C@H]1CN(Cc1cc(-c3ccccc3)no1)C2. The van der Waals surface area contributed by atoms with Crippen molar-refractivity contribution in [3.05, 3.63) is 42.2 Å². The lowest BCUT2D eigenvalue weighted by Gasteiger charge is -2.32. The van der Waals surface area contributed by atoms with E-state index in [1.807, 2.05) is 18.2 Å². The van der Waals surface area contributed by atoms with Gasteiger partial charge in [-0.3, -0.25) is 4.90 Å². The maximum absolute atomic E-state index is 5.58. The fourth-order valence-corrected chi connectivity index (χ4v) is 3.90. The Morgan fingerprint density at radius 2 is 2.00 bits per heavy atom. The first-order valence-electron chi connectivity index (χ1n) is 8.21. The summed E-state index contributed by atoms with van der Waals surface area (Å²) in [7, 11) is 2.27. The maximum Gasteiger partial charge on any atom is 0.151 e.